The average molecular weight is 448 g/mol. The molecule has 3 atom stereocenters. The molecule has 1 aliphatic rings. The number of sulfonamides is 1. The largest absolute Gasteiger partial charge is 0.481 e. The maximum atomic E-state index is 13.5. The third-order valence-corrected chi connectivity index (χ3v) is 9.10. The number of benzene rings is 2. The predicted octanol–water partition coefficient (Wildman–Crippen LogP) is 4.59. The third kappa shape index (κ3) is 5.07. The SMILES string of the molecule is Cc1ccc([C@@H]2C[C@@H](SCC(C)C)[C@H](C(=O)O)CN2S(=O)(=O)c2ccccc2)cc1. The summed E-state index contributed by atoms with van der Waals surface area (Å²) in [6, 6.07) is 15.7. The first-order chi connectivity index (χ1) is 14.2. The van der Waals surface area contributed by atoms with E-state index in [1.165, 1.54) is 4.31 Å². The summed E-state index contributed by atoms with van der Waals surface area (Å²) in [6.07, 6.45) is 0.476. The lowest BCUT2D eigenvalue weighted by atomic mass is 9.90. The van der Waals surface area contributed by atoms with Crippen molar-refractivity contribution in [3.8, 4) is 0 Å². The van der Waals surface area contributed by atoms with E-state index in [1.54, 1.807) is 42.1 Å². The van der Waals surface area contributed by atoms with E-state index in [2.05, 4.69) is 13.8 Å². The first-order valence-corrected chi connectivity index (χ1v) is 12.7. The van der Waals surface area contributed by atoms with Gasteiger partial charge in [-0.2, -0.15) is 16.1 Å². The molecule has 1 aliphatic heterocycles. The van der Waals surface area contributed by atoms with Crippen molar-refractivity contribution in [2.45, 2.75) is 43.4 Å². The molecule has 0 saturated carbocycles. The summed E-state index contributed by atoms with van der Waals surface area (Å²) in [4.78, 5) is 12.3. The number of aryl methyl sites for hydroxylation is 1. The van der Waals surface area contributed by atoms with Gasteiger partial charge in [0.25, 0.3) is 0 Å². The van der Waals surface area contributed by atoms with Crippen LogP contribution in [0.25, 0.3) is 0 Å². The summed E-state index contributed by atoms with van der Waals surface area (Å²) in [5, 5.41) is 9.75. The Bertz CT molecular complexity index is 958. The molecule has 2 aromatic carbocycles. The summed E-state index contributed by atoms with van der Waals surface area (Å²) in [7, 11) is -3.83. The van der Waals surface area contributed by atoms with E-state index in [-0.39, 0.29) is 16.7 Å². The second-order valence-electron chi connectivity index (χ2n) is 8.26. The molecule has 5 nitrogen and oxygen atoms in total. The van der Waals surface area contributed by atoms with Crippen LogP contribution in [0.4, 0.5) is 0 Å². The van der Waals surface area contributed by atoms with Gasteiger partial charge in [-0.3, -0.25) is 4.79 Å². The van der Waals surface area contributed by atoms with Crippen LogP contribution in [0.2, 0.25) is 0 Å². The maximum absolute atomic E-state index is 13.5. The molecule has 1 heterocycles. The monoisotopic (exact) mass is 447 g/mol. The van der Waals surface area contributed by atoms with Crippen molar-refractivity contribution in [3.05, 3.63) is 65.7 Å². The number of rotatable bonds is 7. The van der Waals surface area contributed by atoms with Crippen molar-refractivity contribution in [2.75, 3.05) is 12.3 Å². The lowest BCUT2D eigenvalue weighted by Crippen LogP contribution is -2.49. The zero-order valence-electron chi connectivity index (χ0n) is 17.6. The molecule has 2 aromatic rings. The Labute approximate surface area is 183 Å². The van der Waals surface area contributed by atoms with E-state index in [0.29, 0.717) is 12.3 Å². The number of carboxylic acid groups (broad SMARTS) is 1. The van der Waals surface area contributed by atoms with E-state index < -0.39 is 28.0 Å². The van der Waals surface area contributed by atoms with Gasteiger partial charge in [0.05, 0.1) is 16.9 Å². The number of carbonyl (C=O) groups is 1. The number of aliphatic carboxylic acids is 1. The molecule has 3 rings (SSSR count). The van der Waals surface area contributed by atoms with E-state index >= 15 is 0 Å². The normalized spacial score (nSPS) is 22.9. The fourth-order valence-corrected chi connectivity index (χ4v) is 6.82. The Balaban J connectivity index is 2.03. The van der Waals surface area contributed by atoms with Crippen molar-refractivity contribution >= 4 is 27.8 Å². The molecule has 0 amide bonds. The highest BCUT2D eigenvalue weighted by Crippen LogP contribution is 2.42. The van der Waals surface area contributed by atoms with Gasteiger partial charge in [-0.1, -0.05) is 61.9 Å². The smallest absolute Gasteiger partial charge is 0.308 e. The highest BCUT2D eigenvalue weighted by molar-refractivity contribution is 7.99. The van der Waals surface area contributed by atoms with Crippen LogP contribution >= 0.6 is 11.8 Å². The van der Waals surface area contributed by atoms with E-state index in [1.807, 2.05) is 31.2 Å². The van der Waals surface area contributed by atoms with Crippen LogP contribution in [0.1, 0.15) is 37.4 Å². The zero-order chi connectivity index (χ0) is 21.9. The van der Waals surface area contributed by atoms with Gasteiger partial charge < -0.3 is 5.11 Å². The number of piperidine rings is 1. The average Bonchev–Trinajstić information content (AvgIpc) is 2.72. The molecule has 0 spiro atoms. The minimum absolute atomic E-state index is 0.0269. The highest BCUT2D eigenvalue weighted by atomic mass is 32.2. The molecular weight excluding hydrogens is 418 g/mol. The molecular formula is C23H29NO4S2. The lowest BCUT2D eigenvalue weighted by molar-refractivity contribution is -0.143. The van der Waals surface area contributed by atoms with Crippen molar-refractivity contribution in [2.24, 2.45) is 11.8 Å². The number of thioether (sulfide) groups is 1. The number of hydrogen-bond donors (Lipinski definition) is 1. The molecule has 1 N–H and O–H groups in total. The van der Waals surface area contributed by atoms with Gasteiger partial charge in [0.2, 0.25) is 10.0 Å². The molecule has 0 aliphatic carbocycles. The van der Waals surface area contributed by atoms with Crippen LogP contribution in [-0.2, 0) is 14.8 Å². The Hall–Kier alpha value is -1.83. The molecule has 7 heteroatoms. The fraction of sp³-hybridized carbons (Fsp3) is 0.435. The molecule has 0 aromatic heterocycles. The van der Waals surface area contributed by atoms with Gasteiger partial charge in [0, 0.05) is 11.8 Å². The van der Waals surface area contributed by atoms with E-state index in [9.17, 15) is 18.3 Å². The summed E-state index contributed by atoms with van der Waals surface area (Å²) in [5.74, 6) is -0.394. The molecule has 0 radical (unpaired) electrons. The van der Waals surface area contributed by atoms with Gasteiger partial charge >= 0.3 is 5.97 Å². The van der Waals surface area contributed by atoms with Crippen LogP contribution in [-0.4, -0.2) is 41.3 Å². The van der Waals surface area contributed by atoms with Gasteiger partial charge in [-0.15, -0.1) is 0 Å². The molecule has 1 fully saturated rings. The van der Waals surface area contributed by atoms with E-state index in [0.717, 1.165) is 16.9 Å². The Morgan fingerprint density at radius 1 is 1.13 bits per heavy atom. The van der Waals surface area contributed by atoms with Crippen LogP contribution in [0.3, 0.4) is 0 Å². The fourth-order valence-electron chi connectivity index (χ4n) is 3.76. The number of hydrogen-bond acceptors (Lipinski definition) is 4. The summed E-state index contributed by atoms with van der Waals surface area (Å²) < 4.78 is 28.4. The third-order valence-electron chi connectivity index (χ3n) is 5.40. The second kappa shape index (κ2) is 9.54. The second-order valence-corrected chi connectivity index (χ2v) is 11.4. The molecule has 30 heavy (non-hydrogen) atoms. The number of carboxylic acids is 1. The zero-order valence-corrected chi connectivity index (χ0v) is 19.2. The standard InChI is InChI=1S/C23H29NO4S2/c1-16(2)15-29-22-13-21(18-11-9-17(3)10-12-18)24(14-20(22)23(25)26)30(27,28)19-7-5-4-6-8-19/h4-12,16,20-22H,13-15H2,1-3H3,(H,25,26)/t20-,21+,22-/m1/s1. The van der Waals surface area contributed by atoms with Crippen molar-refractivity contribution in [1.82, 2.24) is 4.31 Å². The van der Waals surface area contributed by atoms with Crippen LogP contribution in [0.5, 0.6) is 0 Å². The highest BCUT2D eigenvalue weighted by Gasteiger charge is 2.45. The Kier molecular flexibility index (Phi) is 7.26. The molecule has 162 valence electrons. The number of nitrogens with zero attached hydrogens (tertiary/aromatic N) is 1. The van der Waals surface area contributed by atoms with Crippen molar-refractivity contribution < 1.29 is 18.3 Å². The van der Waals surface area contributed by atoms with Gasteiger partial charge in [0.15, 0.2) is 0 Å². The summed E-state index contributed by atoms with van der Waals surface area (Å²) in [5.41, 5.74) is 2.00. The topological polar surface area (TPSA) is 74.7 Å². The van der Waals surface area contributed by atoms with Crippen LogP contribution in [0.15, 0.2) is 59.5 Å². The Morgan fingerprint density at radius 2 is 1.77 bits per heavy atom. The molecule has 1 saturated heterocycles. The molecule has 0 bridgehead atoms. The predicted molar refractivity (Wildman–Crippen MR) is 121 cm³/mol. The van der Waals surface area contributed by atoms with Crippen molar-refractivity contribution in [1.29, 1.82) is 0 Å². The molecule has 0 unspecified atom stereocenters. The maximum Gasteiger partial charge on any atom is 0.308 e. The van der Waals surface area contributed by atoms with Crippen LogP contribution < -0.4 is 0 Å². The quantitative estimate of drug-likeness (QED) is 0.672. The van der Waals surface area contributed by atoms with E-state index in [4.69, 9.17) is 0 Å². The minimum Gasteiger partial charge on any atom is -0.481 e. The van der Waals surface area contributed by atoms with Gasteiger partial charge in [0.1, 0.15) is 0 Å². The van der Waals surface area contributed by atoms with Crippen molar-refractivity contribution in [3.63, 3.8) is 0 Å². The Morgan fingerprint density at radius 3 is 2.33 bits per heavy atom. The first kappa shape index (κ1) is 22.8. The van der Waals surface area contributed by atoms with Gasteiger partial charge in [-0.25, -0.2) is 8.42 Å². The summed E-state index contributed by atoms with van der Waals surface area (Å²) in [6.45, 7) is 6.18. The first-order valence-electron chi connectivity index (χ1n) is 10.2. The van der Waals surface area contributed by atoms with Crippen LogP contribution in [0, 0.1) is 18.8 Å². The van der Waals surface area contributed by atoms with Gasteiger partial charge in [-0.05, 0) is 42.7 Å². The lowest BCUT2D eigenvalue weighted by Gasteiger charge is -2.42. The summed E-state index contributed by atoms with van der Waals surface area (Å²) >= 11 is 1.65. The minimum atomic E-state index is -3.83.